The Morgan fingerprint density at radius 3 is 1.62 bits per heavy atom. The summed E-state index contributed by atoms with van der Waals surface area (Å²) in [6.45, 7) is 2.07. The average molecular weight is 404 g/mol. The van der Waals surface area contributed by atoms with E-state index in [-0.39, 0.29) is 0 Å². The number of hydrogen-bond acceptors (Lipinski definition) is 0. The molecule has 0 spiro atoms. The minimum absolute atomic E-state index is 1.14. The molecule has 0 fully saturated rings. The Bertz CT molecular complexity index is 670. The summed E-state index contributed by atoms with van der Waals surface area (Å²) in [6, 6.07) is 26.7. The first-order valence-electron chi connectivity index (χ1n) is 6.69. The van der Waals surface area contributed by atoms with Gasteiger partial charge in [-0.15, -0.1) is 0 Å². The van der Waals surface area contributed by atoms with E-state index in [1.807, 2.05) is 36.4 Å². The van der Waals surface area contributed by atoms with Crippen molar-refractivity contribution in [2.24, 2.45) is 0 Å². The second kappa shape index (κ2) is 8.16. The summed E-state index contributed by atoms with van der Waals surface area (Å²) in [5, 5.41) is 0. The van der Waals surface area contributed by atoms with Crippen molar-refractivity contribution in [1.29, 1.82) is 0 Å². The molecule has 106 valence electrons. The van der Waals surface area contributed by atoms with Crippen molar-refractivity contribution < 1.29 is 0 Å². The molecule has 0 unspecified atom stereocenters. The monoisotopic (exact) mass is 402 g/mol. The van der Waals surface area contributed by atoms with Crippen LogP contribution < -0.4 is 0 Å². The van der Waals surface area contributed by atoms with Crippen LogP contribution in [0.2, 0.25) is 0 Å². The Hall–Kier alpha value is -1.38. The van der Waals surface area contributed by atoms with E-state index in [2.05, 4.69) is 81.2 Å². The highest BCUT2D eigenvalue weighted by atomic mass is 79.9. The van der Waals surface area contributed by atoms with Crippen LogP contribution in [0.15, 0.2) is 87.8 Å². The Balaban J connectivity index is 0.000000173. The van der Waals surface area contributed by atoms with Crippen molar-refractivity contribution in [2.75, 3.05) is 0 Å². The normalized spacial score (nSPS) is 9.67. The van der Waals surface area contributed by atoms with Crippen molar-refractivity contribution in [3.63, 3.8) is 0 Å². The van der Waals surface area contributed by atoms with Crippen LogP contribution in [0, 0.1) is 6.92 Å². The molecular weight excluding hydrogens is 388 g/mol. The molecule has 0 nitrogen and oxygen atoms in total. The van der Waals surface area contributed by atoms with Gasteiger partial charge in [-0.3, -0.25) is 0 Å². The third kappa shape index (κ3) is 4.83. The summed E-state index contributed by atoms with van der Waals surface area (Å²) in [7, 11) is 0. The van der Waals surface area contributed by atoms with Crippen LogP contribution >= 0.6 is 31.9 Å². The zero-order valence-corrected chi connectivity index (χ0v) is 14.9. The molecule has 3 aromatic carbocycles. The molecule has 0 aliphatic heterocycles. The molecule has 21 heavy (non-hydrogen) atoms. The maximum absolute atomic E-state index is 3.53. The minimum atomic E-state index is 1.14. The zero-order valence-electron chi connectivity index (χ0n) is 11.8. The smallest absolute Gasteiger partial charge is 0.0253 e. The molecule has 0 aliphatic rings. The molecule has 0 bridgehead atoms. The fourth-order valence-electron chi connectivity index (χ4n) is 1.86. The average Bonchev–Trinajstić information content (AvgIpc) is 2.52. The van der Waals surface area contributed by atoms with E-state index in [1.54, 1.807) is 0 Å². The standard InChI is InChI=1S/C12H9Br.C7H7Br/c13-12-9-5-4-8-11(12)10-6-2-1-3-7-10;1-6-4-2-3-5-7(6)8/h1-9H;2-5H,1H3. The van der Waals surface area contributed by atoms with Crippen LogP contribution in [0.1, 0.15) is 5.56 Å². The van der Waals surface area contributed by atoms with Crippen molar-refractivity contribution in [3.05, 3.63) is 93.4 Å². The lowest BCUT2D eigenvalue weighted by Gasteiger charge is -2.02. The maximum Gasteiger partial charge on any atom is 0.0253 e. The van der Waals surface area contributed by atoms with Gasteiger partial charge < -0.3 is 0 Å². The fourth-order valence-corrected chi connectivity index (χ4v) is 2.66. The van der Waals surface area contributed by atoms with E-state index in [0.29, 0.717) is 0 Å². The molecule has 0 aromatic heterocycles. The van der Waals surface area contributed by atoms with Crippen LogP contribution in [0.25, 0.3) is 11.1 Å². The van der Waals surface area contributed by atoms with E-state index in [1.165, 1.54) is 21.2 Å². The summed E-state index contributed by atoms with van der Waals surface area (Å²) >= 11 is 6.93. The Labute approximate surface area is 143 Å². The molecule has 0 amide bonds. The second-order valence-electron chi connectivity index (χ2n) is 4.60. The first-order chi connectivity index (χ1) is 10.2. The molecule has 0 aliphatic carbocycles. The maximum atomic E-state index is 3.53. The quantitative estimate of drug-likeness (QED) is 0.415. The van der Waals surface area contributed by atoms with Crippen molar-refractivity contribution in [2.45, 2.75) is 6.92 Å². The SMILES string of the molecule is Brc1ccccc1-c1ccccc1.Cc1ccccc1Br. The summed E-state index contributed by atoms with van der Waals surface area (Å²) in [6.07, 6.45) is 0. The number of benzene rings is 3. The largest absolute Gasteiger partial charge is 0.0622 e. The van der Waals surface area contributed by atoms with E-state index in [0.717, 1.165) is 4.47 Å². The second-order valence-corrected chi connectivity index (χ2v) is 6.30. The molecule has 0 atom stereocenters. The van der Waals surface area contributed by atoms with E-state index < -0.39 is 0 Å². The van der Waals surface area contributed by atoms with Crippen molar-refractivity contribution >= 4 is 31.9 Å². The molecule has 0 saturated carbocycles. The third-order valence-electron chi connectivity index (χ3n) is 3.04. The van der Waals surface area contributed by atoms with Gasteiger partial charge in [-0.2, -0.15) is 0 Å². The molecule has 3 rings (SSSR count). The topological polar surface area (TPSA) is 0 Å². The van der Waals surface area contributed by atoms with Gasteiger partial charge in [0, 0.05) is 8.95 Å². The molecule has 2 heteroatoms. The molecule has 0 radical (unpaired) electrons. The summed E-state index contributed by atoms with van der Waals surface area (Å²) in [5.41, 5.74) is 3.77. The zero-order chi connectivity index (χ0) is 15.1. The number of rotatable bonds is 1. The van der Waals surface area contributed by atoms with Crippen molar-refractivity contribution in [1.82, 2.24) is 0 Å². The Morgan fingerprint density at radius 2 is 1.10 bits per heavy atom. The fraction of sp³-hybridized carbons (Fsp3) is 0.0526. The van der Waals surface area contributed by atoms with Crippen LogP contribution in [0.3, 0.4) is 0 Å². The van der Waals surface area contributed by atoms with Gasteiger partial charge in [0.05, 0.1) is 0 Å². The molecule has 0 N–H and O–H groups in total. The number of aryl methyl sites for hydroxylation is 1. The van der Waals surface area contributed by atoms with Crippen LogP contribution in [-0.2, 0) is 0 Å². The van der Waals surface area contributed by atoms with Crippen LogP contribution in [-0.4, -0.2) is 0 Å². The lowest BCUT2D eigenvalue weighted by molar-refractivity contribution is 1.43. The Morgan fingerprint density at radius 1 is 0.571 bits per heavy atom. The van der Waals surface area contributed by atoms with E-state index in [9.17, 15) is 0 Å². The van der Waals surface area contributed by atoms with E-state index in [4.69, 9.17) is 0 Å². The molecular formula is C19H16Br2. The van der Waals surface area contributed by atoms with Crippen molar-refractivity contribution in [3.8, 4) is 11.1 Å². The summed E-state index contributed by atoms with van der Waals surface area (Å²) < 4.78 is 2.32. The van der Waals surface area contributed by atoms with Gasteiger partial charge in [0.25, 0.3) is 0 Å². The summed E-state index contributed by atoms with van der Waals surface area (Å²) in [4.78, 5) is 0. The highest BCUT2D eigenvalue weighted by molar-refractivity contribution is 9.10. The van der Waals surface area contributed by atoms with Gasteiger partial charge in [0.15, 0.2) is 0 Å². The summed E-state index contributed by atoms with van der Waals surface area (Å²) in [5.74, 6) is 0. The van der Waals surface area contributed by atoms with Crippen LogP contribution in [0.4, 0.5) is 0 Å². The van der Waals surface area contributed by atoms with Gasteiger partial charge in [0.1, 0.15) is 0 Å². The lowest BCUT2D eigenvalue weighted by atomic mass is 10.1. The number of halogens is 2. The van der Waals surface area contributed by atoms with Crippen LogP contribution in [0.5, 0.6) is 0 Å². The number of hydrogen-bond donors (Lipinski definition) is 0. The van der Waals surface area contributed by atoms with Gasteiger partial charge in [-0.05, 0) is 35.7 Å². The highest BCUT2D eigenvalue weighted by Crippen LogP contribution is 2.27. The first kappa shape index (κ1) is 16.0. The minimum Gasteiger partial charge on any atom is -0.0622 e. The lowest BCUT2D eigenvalue weighted by Crippen LogP contribution is -1.77. The highest BCUT2D eigenvalue weighted by Gasteiger charge is 1.99. The van der Waals surface area contributed by atoms with E-state index >= 15 is 0 Å². The molecule has 0 heterocycles. The van der Waals surface area contributed by atoms with Gasteiger partial charge >= 0.3 is 0 Å². The predicted molar refractivity (Wildman–Crippen MR) is 98.5 cm³/mol. The predicted octanol–water partition coefficient (Wildman–Crippen LogP) is 6.87. The Kier molecular flexibility index (Phi) is 6.21. The molecule has 0 saturated heterocycles. The van der Waals surface area contributed by atoms with Gasteiger partial charge in [0.2, 0.25) is 0 Å². The van der Waals surface area contributed by atoms with Gasteiger partial charge in [-0.25, -0.2) is 0 Å². The molecule has 3 aromatic rings. The van der Waals surface area contributed by atoms with Gasteiger partial charge in [-0.1, -0.05) is 98.6 Å². The third-order valence-corrected chi connectivity index (χ3v) is 4.62. The first-order valence-corrected chi connectivity index (χ1v) is 8.28.